The predicted octanol–water partition coefficient (Wildman–Crippen LogP) is 5.54. The zero-order chi connectivity index (χ0) is 27.8. The average molecular weight is 542 g/mol. The summed E-state index contributed by atoms with van der Waals surface area (Å²) in [5.41, 5.74) is 7.57. The van der Waals surface area contributed by atoms with Crippen LogP contribution in [0.15, 0.2) is 107 Å². The molecule has 7 nitrogen and oxygen atoms in total. The Bertz CT molecular complexity index is 1550. The third kappa shape index (κ3) is 7.33. The number of rotatable bonds is 10. The quantitative estimate of drug-likeness (QED) is 0.211. The Hall–Kier alpha value is -4.43. The van der Waals surface area contributed by atoms with Crippen molar-refractivity contribution in [2.24, 2.45) is 5.10 Å². The molecule has 4 aromatic rings. The van der Waals surface area contributed by atoms with Gasteiger partial charge < -0.3 is 4.74 Å². The highest BCUT2D eigenvalue weighted by Crippen LogP contribution is 2.26. The second kappa shape index (κ2) is 12.4. The zero-order valence-electron chi connectivity index (χ0n) is 22.2. The maximum absolute atomic E-state index is 13.5. The van der Waals surface area contributed by atoms with Gasteiger partial charge >= 0.3 is 0 Å². The second-order valence-electron chi connectivity index (χ2n) is 9.25. The molecule has 8 heteroatoms. The maximum atomic E-state index is 13.5. The standard InChI is InChI=1S/C31H31N3O4S/c1-23-8-12-27(13-9-23)22-38-28-16-14-26(15-17-28)20-32-33-31(35)21-34(30-7-5-4-6-25(30)3)39(36,37)29-18-10-24(2)11-19-29/h4-20H,21-22H2,1-3H3,(H,33,35)/b32-20-. The van der Waals surface area contributed by atoms with E-state index in [2.05, 4.69) is 10.5 Å². The molecule has 4 aromatic carbocycles. The predicted molar refractivity (Wildman–Crippen MR) is 155 cm³/mol. The number of para-hydroxylation sites is 1. The van der Waals surface area contributed by atoms with E-state index in [9.17, 15) is 13.2 Å². The number of benzene rings is 4. The first-order chi connectivity index (χ1) is 18.7. The Balaban J connectivity index is 1.41. The minimum absolute atomic E-state index is 0.109. The van der Waals surface area contributed by atoms with Crippen molar-refractivity contribution in [1.29, 1.82) is 0 Å². The molecule has 200 valence electrons. The van der Waals surface area contributed by atoms with Crippen LogP contribution in [0.25, 0.3) is 0 Å². The van der Waals surface area contributed by atoms with Crippen LogP contribution < -0.4 is 14.5 Å². The van der Waals surface area contributed by atoms with Crippen LogP contribution in [0.5, 0.6) is 5.75 Å². The van der Waals surface area contributed by atoms with E-state index in [1.54, 1.807) is 49.4 Å². The highest BCUT2D eigenvalue weighted by Gasteiger charge is 2.28. The smallest absolute Gasteiger partial charge is 0.264 e. The lowest BCUT2D eigenvalue weighted by molar-refractivity contribution is -0.119. The van der Waals surface area contributed by atoms with Gasteiger partial charge in [0.1, 0.15) is 18.9 Å². The number of nitrogens with one attached hydrogen (secondary N) is 1. The number of carbonyl (C=O) groups is 1. The monoisotopic (exact) mass is 541 g/mol. The molecular weight excluding hydrogens is 510 g/mol. The van der Waals surface area contributed by atoms with Crippen LogP contribution in [0, 0.1) is 20.8 Å². The Morgan fingerprint density at radius 2 is 1.46 bits per heavy atom. The minimum atomic E-state index is -3.99. The van der Waals surface area contributed by atoms with E-state index in [-0.39, 0.29) is 4.90 Å². The minimum Gasteiger partial charge on any atom is -0.489 e. The van der Waals surface area contributed by atoms with E-state index in [4.69, 9.17) is 4.74 Å². The first-order valence-corrected chi connectivity index (χ1v) is 13.9. The first-order valence-electron chi connectivity index (χ1n) is 12.5. The van der Waals surface area contributed by atoms with Crippen LogP contribution in [0.2, 0.25) is 0 Å². The van der Waals surface area contributed by atoms with Gasteiger partial charge in [-0.05, 0) is 79.9 Å². The van der Waals surface area contributed by atoms with Gasteiger partial charge in [-0.3, -0.25) is 9.10 Å². The molecule has 0 aliphatic heterocycles. The number of hydrazone groups is 1. The molecule has 4 rings (SSSR count). The summed E-state index contributed by atoms with van der Waals surface area (Å²) in [6, 6.07) is 29.0. The number of anilines is 1. The van der Waals surface area contributed by atoms with Crippen molar-refractivity contribution in [2.45, 2.75) is 32.3 Å². The SMILES string of the molecule is Cc1ccc(COc2ccc(/C=N\NC(=O)CN(c3ccccc3C)S(=O)(=O)c3ccc(C)cc3)cc2)cc1. The lowest BCUT2D eigenvalue weighted by Gasteiger charge is -2.25. The molecule has 0 bridgehead atoms. The van der Waals surface area contributed by atoms with Crippen LogP contribution >= 0.6 is 0 Å². The maximum Gasteiger partial charge on any atom is 0.264 e. The summed E-state index contributed by atoms with van der Waals surface area (Å²) in [4.78, 5) is 12.9. The topological polar surface area (TPSA) is 88.1 Å². The number of carbonyl (C=O) groups excluding carboxylic acids is 1. The number of nitrogens with zero attached hydrogens (tertiary/aromatic N) is 2. The van der Waals surface area contributed by atoms with Gasteiger partial charge in [0.2, 0.25) is 0 Å². The average Bonchev–Trinajstić information content (AvgIpc) is 2.93. The Morgan fingerprint density at radius 3 is 2.10 bits per heavy atom. The van der Waals surface area contributed by atoms with Crippen LogP contribution in [0.4, 0.5) is 5.69 Å². The van der Waals surface area contributed by atoms with Crippen molar-refractivity contribution in [2.75, 3.05) is 10.8 Å². The van der Waals surface area contributed by atoms with Crippen molar-refractivity contribution in [3.8, 4) is 5.75 Å². The van der Waals surface area contributed by atoms with E-state index in [1.807, 2.05) is 68.4 Å². The second-order valence-corrected chi connectivity index (χ2v) is 11.1. The van der Waals surface area contributed by atoms with Gasteiger partial charge in [0.05, 0.1) is 16.8 Å². The number of sulfonamides is 1. The summed E-state index contributed by atoms with van der Waals surface area (Å²) < 4.78 is 34.0. The molecule has 1 N–H and O–H groups in total. The molecule has 0 radical (unpaired) electrons. The summed E-state index contributed by atoms with van der Waals surface area (Å²) in [5.74, 6) is 0.148. The lowest BCUT2D eigenvalue weighted by Crippen LogP contribution is -2.40. The Kier molecular flexibility index (Phi) is 8.78. The van der Waals surface area contributed by atoms with Gasteiger partial charge in [-0.25, -0.2) is 13.8 Å². The van der Waals surface area contributed by atoms with Crippen LogP contribution in [0.3, 0.4) is 0 Å². The van der Waals surface area contributed by atoms with Crippen molar-refractivity contribution in [3.05, 3.63) is 125 Å². The zero-order valence-corrected chi connectivity index (χ0v) is 23.0. The van der Waals surface area contributed by atoms with Crippen LogP contribution in [-0.2, 0) is 21.4 Å². The summed E-state index contributed by atoms with van der Waals surface area (Å²) in [5, 5.41) is 4.02. The number of amides is 1. The molecule has 0 aliphatic carbocycles. The molecule has 39 heavy (non-hydrogen) atoms. The molecule has 0 aliphatic rings. The van der Waals surface area contributed by atoms with Gasteiger partial charge in [0, 0.05) is 0 Å². The summed E-state index contributed by atoms with van der Waals surface area (Å²) >= 11 is 0. The van der Waals surface area contributed by atoms with Gasteiger partial charge in [-0.1, -0.05) is 65.7 Å². The molecule has 1 amide bonds. The highest BCUT2D eigenvalue weighted by atomic mass is 32.2. The van der Waals surface area contributed by atoms with Crippen LogP contribution in [-0.4, -0.2) is 27.1 Å². The summed E-state index contributed by atoms with van der Waals surface area (Å²) in [7, 11) is -3.99. The lowest BCUT2D eigenvalue weighted by atomic mass is 10.2. The third-order valence-electron chi connectivity index (χ3n) is 6.09. The van der Waals surface area contributed by atoms with Gasteiger partial charge in [0.25, 0.3) is 15.9 Å². The van der Waals surface area contributed by atoms with Gasteiger partial charge in [-0.15, -0.1) is 0 Å². The van der Waals surface area contributed by atoms with Crippen molar-refractivity contribution in [3.63, 3.8) is 0 Å². The molecule has 0 aromatic heterocycles. The van der Waals surface area contributed by atoms with Crippen LogP contribution in [0.1, 0.15) is 27.8 Å². The Morgan fingerprint density at radius 1 is 0.846 bits per heavy atom. The normalized spacial score (nSPS) is 11.4. The fraction of sp³-hybridized carbons (Fsp3) is 0.161. The molecule has 0 fully saturated rings. The van der Waals surface area contributed by atoms with E-state index in [1.165, 1.54) is 11.8 Å². The number of ether oxygens (including phenoxy) is 1. The number of hydrogen-bond donors (Lipinski definition) is 1. The van der Waals surface area contributed by atoms with Crippen molar-refractivity contribution in [1.82, 2.24) is 5.43 Å². The highest BCUT2D eigenvalue weighted by molar-refractivity contribution is 7.92. The molecule has 0 saturated carbocycles. The van der Waals surface area contributed by atoms with Gasteiger partial charge in [0.15, 0.2) is 0 Å². The molecular formula is C31H31N3O4S. The largest absolute Gasteiger partial charge is 0.489 e. The van der Waals surface area contributed by atoms with Crippen molar-refractivity contribution >= 4 is 27.8 Å². The third-order valence-corrected chi connectivity index (χ3v) is 7.86. The summed E-state index contributed by atoms with van der Waals surface area (Å²) in [6.07, 6.45) is 1.49. The number of aryl methyl sites for hydroxylation is 3. The van der Waals surface area contributed by atoms with E-state index < -0.39 is 22.5 Å². The fourth-order valence-corrected chi connectivity index (χ4v) is 5.31. The molecule has 0 heterocycles. The first kappa shape index (κ1) is 27.6. The van der Waals surface area contributed by atoms with Gasteiger partial charge in [-0.2, -0.15) is 5.10 Å². The Labute approximate surface area is 229 Å². The molecule has 0 spiro atoms. The van der Waals surface area contributed by atoms with Crippen molar-refractivity contribution < 1.29 is 17.9 Å². The van der Waals surface area contributed by atoms with E-state index >= 15 is 0 Å². The molecule has 0 atom stereocenters. The fourth-order valence-electron chi connectivity index (χ4n) is 3.83. The molecule has 0 saturated heterocycles. The van der Waals surface area contributed by atoms with E-state index in [0.29, 0.717) is 18.0 Å². The summed E-state index contributed by atoms with van der Waals surface area (Å²) in [6.45, 7) is 5.77. The van der Waals surface area contributed by atoms with E-state index in [0.717, 1.165) is 26.6 Å². The molecule has 0 unspecified atom stereocenters. The number of hydrogen-bond acceptors (Lipinski definition) is 5.